The Morgan fingerprint density at radius 1 is 1.26 bits per heavy atom. The molecule has 12 heteroatoms. The van der Waals surface area contributed by atoms with Crippen molar-refractivity contribution in [2.75, 3.05) is 24.3 Å². The van der Waals surface area contributed by atoms with E-state index in [0.717, 1.165) is 23.2 Å². The van der Waals surface area contributed by atoms with Crippen molar-refractivity contribution in [3.63, 3.8) is 0 Å². The van der Waals surface area contributed by atoms with Crippen molar-refractivity contribution < 1.29 is 29.6 Å². The number of benzene rings is 1. The fourth-order valence-corrected chi connectivity index (χ4v) is 4.09. The van der Waals surface area contributed by atoms with Crippen LogP contribution in [-0.2, 0) is 27.1 Å². The van der Waals surface area contributed by atoms with Gasteiger partial charge in [0.05, 0.1) is 19.5 Å². The predicted octanol–water partition coefficient (Wildman–Crippen LogP) is 0.822. The van der Waals surface area contributed by atoms with E-state index >= 15 is 0 Å². The molecule has 0 spiro atoms. The summed E-state index contributed by atoms with van der Waals surface area (Å²) in [6, 6.07) is 5.89. The molecule has 0 unspecified atom stereocenters. The van der Waals surface area contributed by atoms with Crippen molar-refractivity contribution in [3.05, 3.63) is 35.7 Å². The number of rotatable bonds is 9. The molecule has 4 rings (SSSR count). The van der Waals surface area contributed by atoms with Crippen molar-refractivity contribution in [3.8, 4) is 0 Å². The first-order chi connectivity index (χ1) is 16.9. The number of hydrogen-bond donors (Lipinski definition) is 5. The molecule has 188 valence electrons. The normalized spacial score (nSPS) is 22.0. The molecular weight excluding hydrogens is 456 g/mol. The minimum Gasteiger partial charge on any atom is -0.466 e. The van der Waals surface area contributed by atoms with Crippen LogP contribution in [0.25, 0.3) is 11.2 Å². The topological polar surface area (TPSA) is 178 Å². The summed E-state index contributed by atoms with van der Waals surface area (Å²) in [4.78, 5) is 24.8. The third-order valence-corrected chi connectivity index (χ3v) is 5.96. The number of carbonyl (C=O) groups excluding carboxylic acids is 1. The summed E-state index contributed by atoms with van der Waals surface area (Å²) in [5, 5.41) is 33.2. The number of anilines is 3. The monoisotopic (exact) mass is 486 g/mol. The summed E-state index contributed by atoms with van der Waals surface area (Å²) in [7, 11) is 0. The Hall–Kier alpha value is -3.32. The van der Waals surface area contributed by atoms with Crippen LogP contribution in [0, 0.1) is 0 Å². The lowest BCUT2D eigenvalue weighted by Gasteiger charge is -2.17. The first-order valence-electron chi connectivity index (χ1n) is 11.5. The number of aliphatic hydroxyl groups excluding tert-OH is 3. The molecule has 1 aliphatic heterocycles. The van der Waals surface area contributed by atoms with Gasteiger partial charge in [0.2, 0.25) is 5.95 Å². The van der Waals surface area contributed by atoms with Gasteiger partial charge in [-0.25, -0.2) is 4.98 Å². The highest BCUT2D eigenvalue weighted by Gasteiger charge is 2.44. The maximum absolute atomic E-state index is 11.7. The van der Waals surface area contributed by atoms with Gasteiger partial charge < -0.3 is 35.8 Å². The van der Waals surface area contributed by atoms with Crippen LogP contribution in [0.3, 0.4) is 0 Å². The maximum Gasteiger partial charge on any atom is 0.306 e. The number of esters is 1. The Bertz CT molecular complexity index is 1200. The van der Waals surface area contributed by atoms with E-state index in [9.17, 15) is 20.1 Å². The van der Waals surface area contributed by atoms with E-state index in [0.29, 0.717) is 24.2 Å². The molecule has 3 heterocycles. The number of ether oxygens (including phenoxy) is 2. The van der Waals surface area contributed by atoms with E-state index < -0.39 is 31.1 Å². The smallest absolute Gasteiger partial charge is 0.306 e. The molecule has 1 aliphatic rings. The average Bonchev–Trinajstić information content (AvgIpc) is 3.39. The van der Waals surface area contributed by atoms with Crippen LogP contribution in [0.15, 0.2) is 24.5 Å². The van der Waals surface area contributed by atoms with E-state index in [1.807, 2.05) is 25.1 Å². The highest BCUT2D eigenvalue weighted by Crippen LogP contribution is 2.33. The third-order valence-electron chi connectivity index (χ3n) is 5.96. The second-order valence-corrected chi connectivity index (χ2v) is 8.26. The summed E-state index contributed by atoms with van der Waals surface area (Å²) in [6.45, 7) is 3.70. The van der Waals surface area contributed by atoms with E-state index in [2.05, 4.69) is 20.3 Å². The van der Waals surface area contributed by atoms with Gasteiger partial charge in [-0.3, -0.25) is 9.36 Å². The molecule has 4 atom stereocenters. The Morgan fingerprint density at radius 2 is 2.06 bits per heavy atom. The van der Waals surface area contributed by atoms with Crippen molar-refractivity contribution in [1.82, 2.24) is 19.5 Å². The van der Waals surface area contributed by atoms with Crippen LogP contribution in [-0.4, -0.2) is 72.3 Å². The molecule has 1 saturated heterocycles. The Balaban J connectivity index is 1.63. The highest BCUT2D eigenvalue weighted by atomic mass is 16.6. The second kappa shape index (κ2) is 10.5. The number of carbonyl (C=O) groups is 1. The van der Waals surface area contributed by atoms with Gasteiger partial charge >= 0.3 is 5.97 Å². The first kappa shape index (κ1) is 24.8. The number of hydrogen-bond acceptors (Lipinski definition) is 11. The maximum atomic E-state index is 11.7. The van der Waals surface area contributed by atoms with Gasteiger partial charge in [-0.2, -0.15) is 9.97 Å². The molecule has 3 aromatic rings. The van der Waals surface area contributed by atoms with Gasteiger partial charge in [-0.1, -0.05) is 19.1 Å². The van der Waals surface area contributed by atoms with E-state index in [1.165, 1.54) is 10.9 Å². The van der Waals surface area contributed by atoms with Crippen LogP contribution in [0.1, 0.15) is 37.6 Å². The molecule has 6 N–H and O–H groups in total. The van der Waals surface area contributed by atoms with Crippen LogP contribution in [0.2, 0.25) is 0 Å². The van der Waals surface area contributed by atoms with Gasteiger partial charge in [0, 0.05) is 12.1 Å². The quantitative estimate of drug-likeness (QED) is 0.270. The second-order valence-electron chi connectivity index (χ2n) is 8.26. The van der Waals surface area contributed by atoms with Gasteiger partial charge in [-0.05, 0) is 37.0 Å². The van der Waals surface area contributed by atoms with Gasteiger partial charge in [0.15, 0.2) is 17.7 Å². The molecule has 0 radical (unpaired) electrons. The number of nitrogens with one attached hydrogen (secondary N) is 1. The van der Waals surface area contributed by atoms with Crippen molar-refractivity contribution in [2.24, 2.45) is 0 Å². The van der Waals surface area contributed by atoms with Crippen molar-refractivity contribution >= 4 is 34.6 Å². The lowest BCUT2D eigenvalue weighted by atomic mass is 10.0. The summed E-state index contributed by atoms with van der Waals surface area (Å²) >= 11 is 0. The number of fused-ring (bicyclic) bond motifs is 1. The number of nitrogen functional groups attached to an aromatic ring is 1. The molecule has 2 aromatic heterocycles. The Kier molecular flexibility index (Phi) is 7.45. The van der Waals surface area contributed by atoms with Crippen molar-refractivity contribution in [1.29, 1.82) is 0 Å². The van der Waals surface area contributed by atoms with Crippen LogP contribution in [0.5, 0.6) is 0 Å². The minimum atomic E-state index is -1.29. The number of aryl methyl sites for hydroxylation is 2. The standard InChI is InChI=1S/C23H30N6O6/c1-3-13-7-5-12(6-8-16(31)34-4-2)9-14(13)26-23-27-20(24)17-21(28-23)29(11-25-17)22-19(33)18(32)15(10-30)35-22/h5,7,9,11,15,18-19,22,30,32-33H,3-4,6,8,10H2,1-2H3,(H3,24,26,27,28)/t15-,18-,19-,22-/m1/s1. The number of imidazole rings is 1. The first-order valence-corrected chi connectivity index (χ1v) is 11.5. The summed E-state index contributed by atoms with van der Waals surface area (Å²) in [5.41, 5.74) is 9.48. The zero-order valence-corrected chi connectivity index (χ0v) is 19.6. The molecule has 0 saturated carbocycles. The van der Waals surface area contributed by atoms with E-state index in [1.54, 1.807) is 6.92 Å². The Labute approximate surface area is 201 Å². The lowest BCUT2D eigenvalue weighted by molar-refractivity contribution is -0.143. The third kappa shape index (κ3) is 5.05. The van der Waals surface area contributed by atoms with Crippen LogP contribution < -0.4 is 11.1 Å². The fraction of sp³-hybridized carbons (Fsp3) is 0.478. The summed E-state index contributed by atoms with van der Waals surface area (Å²) in [5.74, 6) is 0.0847. The average molecular weight is 487 g/mol. The number of nitrogens with zero attached hydrogens (tertiary/aromatic N) is 4. The zero-order chi connectivity index (χ0) is 25.1. The number of aliphatic hydroxyl groups is 3. The molecule has 12 nitrogen and oxygen atoms in total. The highest BCUT2D eigenvalue weighted by molar-refractivity contribution is 5.83. The summed E-state index contributed by atoms with van der Waals surface area (Å²) < 4.78 is 12.1. The van der Waals surface area contributed by atoms with Gasteiger partial charge in [-0.15, -0.1) is 0 Å². The largest absolute Gasteiger partial charge is 0.466 e. The van der Waals surface area contributed by atoms with E-state index in [4.69, 9.17) is 15.2 Å². The molecule has 35 heavy (non-hydrogen) atoms. The molecule has 1 aromatic carbocycles. The van der Waals surface area contributed by atoms with Crippen LogP contribution in [0.4, 0.5) is 17.5 Å². The SMILES string of the molecule is CCOC(=O)CCc1ccc(CC)c(Nc2nc(N)c3ncn([C@@H]4O[C@H](CO)[C@@H](O)[C@H]4O)c3n2)c1. The number of nitrogens with two attached hydrogens (primary N) is 1. The Morgan fingerprint density at radius 3 is 2.74 bits per heavy atom. The van der Waals surface area contributed by atoms with E-state index in [-0.39, 0.29) is 24.2 Å². The van der Waals surface area contributed by atoms with Gasteiger partial charge in [0.1, 0.15) is 23.8 Å². The predicted molar refractivity (Wildman–Crippen MR) is 127 cm³/mol. The zero-order valence-electron chi connectivity index (χ0n) is 19.6. The van der Waals surface area contributed by atoms with Crippen molar-refractivity contribution in [2.45, 2.75) is 57.6 Å². The molecule has 1 fully saturated rings. The van der Waals surface area contributed by atoms with Gasteiger partial charge in [0.25, 0.3) is 0 Å². The molecule has 0 amide bonds. The summed E-state index contributed by atoms with van der Waals surface area (Å²) in [6.07, 6.45) is -1.55. The fourth-order valence-electron chi connectivity index (χ4n) is 4.09. The molecular formula is C23H30N6O6. The molecule has 0 aliphatic carbocycles. The molecule has 0 bridgehead atoms. The van der Waals surface area contributed by atoms with Crippen LogP contribution >= 0.6 is 0 Å². The lowest BCUT2D eigenvalue weighted by Crippen LogP contribution is -2.33. The minimum absolute atomic E-state index is 0.125. The number of aromatic nitrogens is 4.